The molecule has 4 nitrogen and oxygen atoms in total. The summed E-state index contributed by atoms with van der Waals surface area (Å²) in [6.07, 6.45) is 8.59. The molecule has 4 heteroatoms. The van der Waals surface area contributed by atoms with Crippen LogP contribution in [0.25, 0.3) is 21.5 Å². The molecule has 46 heavy (non-hydrogen) atoms. The fraction of sp³-hybridized carbons (Fsp3) is 0.238. The second-order valence-electron chi connectivity index (χ2n) is 13.2. The SMILES string of the molecule is CCC1(C)/C(=C\C=C\C2=[N+](C)c3ccc4ccccc4c3C2(C)Cc2ccccc2)N(CCC(=O)O)c2ccc3ccccc3c21. The van der Waals surface area contributed by atoms with Crippen molar-refractivity contribution >= 4 is 44.6 Å². The maximum absolute atomic E-state index is 11.8. The second kappa shape index (κ2) is 11.4. The molecule has 2 aliphatic rings. The van der Waals surface area contributed by atoms with E-state index in [1.165, 1.54) is 49.6 Å². The minimum Gasteiger partial charge on any atom is -0.481 e. The van der Waals surface area contributed by atoms with Crippen LogP contribution in [0.2, 0.25) is 0 Å². The zero-order valence-electron chi connectivity index (χ0n) is 27.1. The number of hydrogen-bond donors (Lipinski definition) is 1. The van der Waals surface area contributed by atoms with Crippen LogP contribution in [0, 0.1) is 0 Å². The minimum atomic E-state index is -0.785. The van der Waals surface area contributed by atoms with Gasteiger partial charge in [-0.25, -0.2) is 0 Å². The van der Waals surface area contributed by atoms with Crippen molar-refractivity contribution in [3.8, 4) is 0 Å². The Morgan fingerprint density at radius 2 is 1.43 bits per heavy atom. The molecule has 2 aliphatic heterocycles. The van der Waals surface area contributed by atoms with Crippen LogP contribution in [-0.4, -0.2) is 35.0 Å². The third-order valence-corrected chi connectivity index (χ3v) is 10.5. The molecule has 2 unspecified atom stereocenters. The maximum atomic E-state index is 11.8. The highest BCUT2D eigenvalue weighted by Gasteiger charge is 2.48. The van der Waals surface area contributed by atoms with E-state index in [0.29, 0.717) is 6.54 Å². The normalized spacial score (nSPS) is 21.6. The van der Waals surface area contributed by atoms with Gasteiger partial charge in [-0.3, -0.25) is 4.79 Å². The van der Waals surface area contributed by atoms with Crippen molar-refractivity contribution in [3.05, 3.63) is 144 Å². The van der Waals surface area contributed by atoms with Crippen LogP contribution in [0.5, 0.6) is 0 Å². The van der Waals surface area contributed by atoms with E-state index < -0.39 is 5.97 Å². The molecule has 2 heterocycles. The summed E-state index contributed by atoms with van der Waals surface area (Å²) in [7, 11) is 2.18. The van der Waals surface area contributed by atoms with Gasteiger partial charge in [-0.15, -0.1) is 0 Å². The number of fused-ring (bicyclic) bond motifs is 6. The predicted molar refractivity (Wildman–Crippen MR) is 191 cm³/mol. The number of allylic oxidation sites excluding steroid dienone is 4. The average molecular weight is 606 g/mol. The van der Waals surface area contributed by atoms with Gasteiger partial charge in [0.1, 0.15) is 7.05 Å². The van der Waals surface area contributed by atoms with Crippen LogP contribution in [0.3, 0.4) is 0 Å². The summed E-state index contributed by atoms with van der Waals surface area (Å²) in [5.74, 6) is -0.785. The Hall–Kier alpha value is -4.96. The predicted octanol–water partition coefficient (Wildman–Crippen LogP) is 9.32. The zero-order valence-corrected chi connectivity index (χ0v) is 27.1. The molecular formula is C42H41N2O2+. The number of anilines is 1. The lowest BCUT2D eigenvalue weighted by atomic mass is 9.73. The molecule has 230 valence electrons. The minimum absolute atomic E-state index is 0.0742. The summed E-state index contributed by atoms with van der Waals surface area (Å²) < 4.78 is 2.36. The molecule has 5 aromatic carbocycles. The van der Waals surface area contributed by atoms with Gasteiger partial charge in [-0.1, -0.05) is 97.9 Å². The van der Waals surface area contributed by atoms with Crippen LogP contribution >= 0.6 is 0 Å². The van der Waals surface area contributed by atoms with Crippen LogP contribution in [0.1, 0.15) is 50.3 Å². The number of carbonyl (C=O) groups is 1. The van der Waals surface area contributed by atoms with E-state index in [9.17, 15) is 9.90 Å². The smallest absolute Gasteiger partial charge is 0.305 e. The quantitative estimate of drug-likeness (QED) is 0.179. The fourth-order valence-electron chi connectivity index (χ4n) is 8.16. The summed E-state index contributed by atoms with van der Waals surface area (Å²) >= 11 is 0. The Labute approximate surface area is 271 Å². The first kappa shape index (κ1) is 29.7. The lowest BCUT2D eigenvalue weighted by molar-refractivity contribution is -0.401. The average Bonchev–Trinajstić information content (AvgIpc) is 3.44. The number of rotatable bonds is 8. The lowest BCUT2D eigenvalue weighted by Gasteiger charge is -2.29. The van der Waals surface area contributed by atoms with Crippen molar-refractivity contribution in [1.29, 1.82) is 0 Å². The van der Waals surface area contributed by atoms with Crippen LogP contribution in [-0.2, 0) is 22.0 Å². The Bertz CT molecular complexity index is 2090. The number of benzene rings is 5. The van der Waals surface area contributed by atoms with E-state index in [-0.39, 0.29) is 17.3 Å². The van der Waals surface area contributed by atoms with Crippen molar-refractivity contribution < 1.29 is 14.5 Å². The van der Waals surface area contributed by atoms with Crippen molar-refractivity contribution in [2.45, 2.75) is 50.9 Å². The highest BCUT2D eigenvalue weighted by molar-refractivity contribution is 6.08. The van der Waals surface area contributed by atoms with Gasteiger partial charge in [0.05, 0.1) is 11.8 Å². The maximum Gasteiger partial charge on any atom is 0.305 e. The number of aliphatic carboxylic acids is 1. The third-order valence-electron chi connectivity index (χ3n) is 10.5. The molecule has 2 atom stereocenters. The molecule has 0 spiro atoms. The third kappa shape index (κ3) is 4.67. The first-order valence-corrected chi connectivity index (χ1v) is 16.3. The molecule has 0 saturated heterocycles. The molecule has 7 rings (SSSR count). The standard InChI is InChI=1S/C42H40N2O2/c1-5-41(2)37(44(27-26-38(45)46)35-25-23-31-17-10-12-19-33(31)40(35)41)21-13-20-36-42(3,28-29-14-7-6-8-15-29)39-32-18-11-9-16-30(32)22-24-34(39)43(36)4/h6-25H,5,26-28H2,1-4H3/p+1. The van der Waals surface area contributed by atoms with E-state index in [0.717, 1.165) is 24.2 Å². The number of nitrogens with zero attached hydrogens (tertiary/aromatic N) is 2. The highest BCUT2D eigenvalue weighted by atomic mass is 16.4. The van der Waals surface area contributed by atoms with Crippen LogP contribution in [0.15, 0.2) is 127 Å². The lowest BCUT2D eigenvalue weighted by Crippen LogP contribution is -2.33. The summed E-state index contributed by atoms with van der Waals surface area (Å²) in [6.45, 7) is 7.36. The van der Waals surface area contributed by atoms with Gasteiger partial charge >= 0.3 is 5.97 Å². The highest BCUT2D eigenvalue weighted by Crippen LogP contribution is 2.53. The molecule has 0 radical (unpaired) electrons. The van der Waals surface area contributed by atoms with Crippen molar-refractivity contribution in [3.63, 3.8) is 0 Å². The number of carboxylic acids is 1. The Balaban J connectivity index is 1.37. The van der Waals surface area contributed by atoms with Gasteiger partial charge in [0, 0.05) is 41.1 Å². The Morgan fingerprint density at radius 3 is 2.11 bits per heavy atom. The molecular weight excluding hydrogens is 564 g/mol. The fourth-order valence-corrected chi connectivity index (χ4v) is 8.16. The molecule has 0 fully saturated rings. The topological polar surface area (TPSA) is 43.5 Å². The molecule has 0 aliphatic carbocycles. The van der Waals surface area contributed by atoms with Gasteiger partial charge < -0.3 is 10.0 Å². The monoisotopic (exact) mass is 605 g/mol. The molecule has 1 N–H and O–H groups in total. The second-order valence-corrected chi connectivity index (χ2v) is 13.2. The van der Waals surface area contributed by atoms with E-state index in [2.05, 4.69) is 159 Å². The molecule has 0 bridgehead atoms. The largest absolute Gasteiger partial charge is 0.481 e. The van der Waals surface area contributed by atoms with Gasteiger partial charge in [0.2, 0.25) is 5.69 Å². The van der Waals surface area contributed by atoms with E-state index >= 15 is 0 Å². The molecule has 0 amide bonds. The summed E-state index contributed by atoms with van der Waals surface area (Å²) in [4.78, 5) is 14.0. The van der Waals surface area contributed by atoms with Crippen molar-refractivity contribution in [2.24, 2.45) is 0 Å². The Morgan fingerprint density at radius 1 is 0.804 bits per heavy atom. The van der Waals surface area contributed by atoms with Gasteiger partial charge in [0.25, 0.3) is 0 Å². The summed E-state index contributed by atoms with van der Waals surface area (Å²) in [5, 5.41) is 14.7. The van der Waals surface area contributed by atoms with Gasteiger partial charge in [-0.2, -0.15) is 4.58 Å². The van der Waals surface area contributed by atoms with Gasteiger partial charge in [0.15, 0.2) is 5.71 Å². The molecule has 5 aromatic rings. The van der Waals surface area contributed by atoms with E-state index in [1.54, 1.807) is 0 Å². The number of carboxylic acid groups (broad SMARTS) is 1. The van der Waals surface area contributed by atoms with Gasteiger partial charge in [-0.05, 0) is 77.6 Å². The van der Waals surface area contributed by atoms with E-state index in [4.69, 9.17) is 0 Å². The van der Waals surface area contributed by atoms with Crippen molar-refractivity contribution in [1.82, 2.24) is 0 Å². The summed E-state index contributed by atoms with van der Waals surface area (Å²) in [5.41, 5.74) is 8.18. The zero-order chi connectivity index (χ0) is 32.1. The van der Waals surface area contributed by atoms with Crippen LogP contribution in [0.4, 0.5) is 11.4 Å². The summed E-state index contributed by atoms with van der Waals surface area (Å²) in [6, 6.07) is 36.9. The first-order valence-electron chi connectivity index (χ1n) is 16.3. The van der Waals surface area contributed by atoms with Crippen LogP contribution < -0.4 is 4.90 Å². The van der Waals surface area contributed by atoms with E-state index in [1.807, 2.05) is 0 Å². The first-order chi connectivity index (χ1) is 22.3. The Kier molecular flexibility index (Phi) is 7.39. The molecule has 0 saturated carbocycles. The number of hydrogen-bond acceptors (Lipinski definition) is 2. The molecule has 0 aromatic heterocycles. The van der Waals surface area contributed by atoms with Crippen molar-refractivity contribution in [2.75, 3.05) is 18.5 Å².